The molecule has 1 N–H and O–H groups in total. The van der Waals surface area contributed by atoms with Gasteiger partial charge in [-0.3, -0.25) is 13.5 Å². The number of aliphatic carboxylic acids is 1. The molecule has 2 aromatic rings. The Labute approximate surface area is 143 Å². The molecule has 0 heterocycles. The molecule has 5 nitrogen and oxygen atoms in total. The Kier molecular flexibility index (Phi) is 5.02. The zero-order valence-electron chi connectivity index (χ0n) is 12.2. The molecule has 0 bridgehead atoms. The lowest BCUT2D eigenvalue weighted by molar-refractivity contribution is -0.138. The summed E-state index contributed by atoms with van der Waals surface area (Å²) in [5, 5.41) is 8.56. The molecular weight excluding hydrogens is 395 g/mol. The quantitative estimate of drug-likeness (QED) is 0.787. The fourth-order valence-electron chi connectivity index (χ4n) is 2.31. The molecule has 128 valence electrons. The predicted molar refractivity (Wildman–Crippen MR) is 83.1 cm³/mol. The summed E-state index contributed by atoms with van der Waals surface area (Å²) < 4.78 is 45.6. The van der Waals surface area contributed by atoms with Crippen LogP contribution >= 0.6 is 16.1 Å². The molecule has 0 aliphatic rings. The summed E-state index contributed by atoms with van der Waals surface area (Å²) in [6, 6.07) is 6.31. The highest BCUT2D eigenvalue weighted by Gasteiger charge is 2.37. The lowest BCUT2D eigenvalue weighted by Gasteiger charge is -2.17. The van der Waals surface area contributed by atoms with Gasteiger partial charge in [0.25, 0.3) is 5.91 Å². The number of alkyl halides is 3. The van der Waals surface area contributed by atoms with Gasteiger partial charge in [-0.2, -0.15) is 13.2 Å². The van der Waals surface area contributed by atoms with Gasteiger partial charge < -0.3 is 9.84 Å². The molecule has 1 amide bonds. The van der Waals surface area contributed by atoms with Crippen LogP contribution in [0.1, 0.15) is 15.9 Å². The summed E-state index contributed by atoms with van der Waals surface area (Å²) in [6.07, 6.45) is -4.68. The number of benzene rings is 2. The maximum atomic E-state index is 13.4. The smallest absolute Gasteiger partial charge is 0.420 e. The standard InChI is InChI=1S/C15H11BrF3NO4/c1-24-11-6-5-8-9(13(11)15(17,18)19)3-2-4-10(8)14(23)20(16)7-12(21)22/h2-6H,7H2,1H3,(H,21,22). The van der Waals surface area contributed by atoms with Crippen LogP contribution in [-0.2, 0) is 11.0 Å². The Hall–Kier alpha value is -2.29. The van der Waals surface area contributed by atoms with E-state index < -0.39 is 30.2 Å². The molecular formula is C15H11BrF3NO4. The van der Waals surface area contributed by atoms with E-state index in [0.717, 1.165) is 17.1 Å². The first-order valence-electron chi connectivity index (χ1n) is 6.53. The van der Waals surface area contributed by atoms with Crippen LogP contribution < -0.4 is 4.74 Å². The molecule has 2 aromatic carbocycles. The van der Waals surface area contributed by atoms with E-state index in [0.29, 0.717) is 0 Å². The zero-order chi connectivity index (χ0) is 18.1. The molecule has 0 spiro atoms. The Balaban J connectivity index is 2.67. The summed E-state index contributed by atoms with van der Waals surface area (Å²) in [5.74, 6) is -2.39. The monoisotopic (exact) mass is 405 g/mol. The second-order valence-corrected chi connectivity index (χ2v) is 5.62. The largest absolute Gasteiger partial charge is 0.496 e. The van der Waals surface area contributed by atoms with Crippen LogP contribution in [0, 0.1) is 0 Å². The number of fused-ring (bicyclic) bond motifs is 1. The molecule has 0 atom stereocenters. The van der Waals surface area contributed by atoms with Crippen LogP contribution in [-0.4, -0.2) is 34.6 Å². The van der Waals surface area contributed by atoms with Crippen LogP contribution in [0.4, 0.5) is 13.2 Å². The summed E-state index contributed by atoms with van der Waals surface area (Å²) in [6.45, 7) is -0.641. The van der Waals surface area contributed by atoms with Crippen molar-refractivity contribution in [2.24, 2.45) is 0 Å². The third kappa shape index (κ3) is 3.45. The first-order valence-corrected chi connectivity index (χ1v) is 7.24. The van der Waals surface area contributed by atoms with Gasteiger partial charge in [0.05, 0.1) is 23.3 Å². The summed E-state index contributed by atoms with van der Waals surface area (Å²) in [4.78, 5) is 23.0. The van der Waals surface area contributed by atoms with Crippen molar-refractivity contribution in [3.8, 4) is 5.75 Å². The topological polar surface area (TPSA) is 66.8 Å². The number of halogens is 4. The third-order valence-corrected chi connectivity index (χ3v) is 3.82. The Morgan fingerprint density at radius 1 is 1.21 bits per heavy atom. The number of carboxylic acid groups (broad SMARTS) is 1. The van der Waals surface area contributed by atoms with Crippen molar-refractivity contribution in [2.45, 2.75) is 6.18 Å². The highest BCUT2D eigenvalue weighted by Crippen LogP contribution is 2.41. The van der Waals surface area contributed by atoms with E-state index in [9.17, 15) is 22.8 Å². The molecule has 0 radical (unpaired) electrons. The molecule has 0 saturated heterocycles. The van der Waals surface area contributed by atoms with Crippen molar-refractivity contribution in [3.05, 3.63) is 41.5 Å². The minimum Gasteiger partial charge on any atom is -0.496 e. The van der Waals surface area contributed by atoms with Crippen molar-refractivity contribution in [1.82, 2.24) is 3.93 Å². The maximum Gasteiger partial charge on any atom is 0.420 e. The number of methoxy groups -OCH3 is 1. The average Bonchev–Trinajstić information content (AvgIpc) is 2.50. The number of nitrogens with zero attached hydrogens (tertiary/aromatic N) is 1. The number of carbonyl (C=O) groups excluding carboxylic acids is 1. The second kappa shape index (κ2) is 6.68. The number of rotatable bonds is 4. The normalized spacial score (nSPS) is 11.4. The van der Waals surface area contributed by atoms with Crippen molar-refractivity contribution in [2.75, 3.05) is 13.7 Å². The highest BCUT2D eigenvalue weighted by atomic mass is 79.9. The van der Waals surface area contributed by atoms with Crippen LogP contribution in [0.3, 0.4) is 0 Å². The molecule has 0 aliphatic carbocycles. The van der Waals surface area contributed by atoms with E-state index in [1.165, 1.54) is 24.3 Å². The Morgan fingerprint density at radius 3 is 2.42 bits per heavy atom. The molecule has 24 heavy (non-hydrogen) atoms. The van der Waals surface area contributed by atoms with E-state index >= 15 is 0 Å². The van der Waals surface area contributed by atoms with Gasteiger partial charge in [0.2, 0.25) is 0 Å². The highest BCUT2D eigenvalue weighted by molar-refractivity contribution is 9.07. The van der Waals surface area contributed by atoms with E-state index in [4.69, 9.17) is 9.84 Å². The third-order valence-electron chi connectivity index (χ3n) is 3.25. The minimum atomic E-state index is -4.68. The van der Waals surface area contributed by atoms with Crippen molar-refractivity contribution >= 4 is 38.8 Å². The number of amides is 1. The summed E-state index contributed by atoms with van der Waals surface area (Å²) >= 11 is 2.81. The number of ether oxygens (including phenoxy) is 1. The van der Waals surface area contributed by atoms with Gasteiger partial charge in [0, 0.05) is 5.56 Å². The second-order valence-electron chi connectivity index (χ2n) is 4.76. The predicted octanol–water partition coefficient (Wildman–Crippen LogP) is 3.70. The molecule has 0 saturated carbocycles. The molecule has 0 aliphatic heterocycles. The first-order chi connectivity index (χ1) is 11.2. The van der Waals surface area contributed by atoms with Gasteiger partial charge in [0.1, 0.15) is 17.9 Å². The SMILES string of the molecule is COc1ccc2c(C(=O)N(Br)CC(=O)O)cccc2c1C(F)(F)F. The summed E-state index contributed by atoms with van der Waals surface area (Å²) in [5.41, 5.74) is -1.05. The van der Waals surface area contributed by atoms with Gasteiger partial charge in [-0.15, -0.1) is 0 Å². The van der Waals surface area contributed by atoms with E-state index in [1.54, 1.807) is 0 Å². The lowest BCUT2D eigenvalue weighted by Crippen LogP contribution is -2.27. The summed E-state index contributed by atoms with van der Waals surface area (Å²) in [7, 11) is 1.12. The zero-order valence-corrected chi connectivity index (χ0v) is 13.8. The first kappa shape index (κ1) is 18.1. The van der Waals surface area contributed by atoms with Gasteiger partial charge in [-0.05, 0) is 29.0 Å². The van der Waals surface area contributed by atoms with Crippen LogP contribution in [0.2, 0.25) is 0 Å². The average molecular weight is 406 g/mol. The van der Waals surface area contributed by atoms with Gasteiger partial charge in [-0.25, -0.2) is 0 Å². The number of hydrogen-bond acceptors (Lipinski definition) is 3. The molecule has 0 aromatic heterocycles. The van der Waals surface area contributed by atoms with Gasteiger partial charge in [0.15, 0.2) is 0 Å². The van der Waals surface area contributed by atoms with Crippen LogP contribution in [0.25, 0.3) is 10.8 Å². The van der Waals surface area contributed by atoms with Crippen LogP contribution in [0.5, 0.6) is 5.75 Å². The van der Waals surface area contributed by atoms with E-state index in [-0.39, 0.29) is 22.1 Å². The molecule has 0 fully saturated rings. The molecule has 0 unspecified atom stereocenters. The minimum absolute atomic E-state index is 0.0467. The van der Waals surface area contributed by atoms with Gasteiger partial charge >= 0.3 is 12.1 Å². The van der Waals surface area contributed by atoms with E-state index in [1.807, 2.05) is 0 Å². The van der Waals surface area contributed by atoms with Crippen LogP contribution in [0.15, 0.2) is 30.3 Å². The Bertz CT molecular complexity index is 807. The van der Waals surface area contributed by atoms with E-state index in [2.05, 4.69) is 16.1 Å². The molecule has 9 heteroatoms. The number of hydrogen-bond donors (Lipinski definition) is 1. The van der Waals surface area contributed by atoms with Gasteiger partial charge in [-0.1, -0.05) is 12.1 Å². The van der Waals surface area contributed by atoms with Crippen molar-refractivity contribution in [3.63, 3.8) is 0 Å². The van der Waals surface area contributed by atoms with Crippen molar-refractivity contribution < 1.29 is 32.6 Å². The molecule has 2 rings (SSSR count). The number of carbonyl (C=O) groups is 2. The fourth-order valence-corrected chi connectivity index (χ4v) is 2.71. The fraction of sp³-hybridized carbons (Fsp3) is 0.200. The van der Waals surface area contributed by atoms with Crippen molar-refractivity contribution in [1.29, 1.82) is 0 Å². The number of carboxylic acids is 1. The lowest BCUT2D eigenvalue weighted by atomic mass is 9.98. The maximum absolute atomic E-state index is 13.4. The Morgan fingerprint density at radius 2 is 1.88 bits per heavy atom.